The maximum atomic E-state index is 13.2. The second kappa shape index (κ2) is 7.62. The lowest BCUT2D eigenvalue weighted by atomic mass is 9.93. The molecule has 0 spiro atoms. The van der Waals surface area contributed by atoms with Crippen molar-refractivity contribution >= 4 is 5.91 Å². The molecule has 8 heteroatoms. The number of carbonyl (C=O) groups is 1. The second-order valence-electron chi connectivity index (χ2n) is 6.00. The number of hydrogen-bond acceptors (Lipinski definition) is 4. The van der Waals surface area contributed by atoms with E-state index in [0.717, 1.165) is 5.56 Å². The topological polar surface area (TPSA) is 60.2 Å². The number of pyridine rings is 1. The third-order valence-corrected chi connectivity index (χ3v) is 4.14. The molecule has 0 aliphatic carbocycles. The number of hydrogen-bond donors (Lipinski definition) is 0. The molecule has 1 aliphatic rings. The monoisotopic (exact) mass is 340 g/mol. The maximum absolute atomic E-state index is 13.2. The second-order valence-corrected chi connectivity index (χ2v) is 6.00. The van der Waals surface area contributed by atoms with Crippen molar-refractivity contribution in [2.75, 3.05) is 26.7 Å². The maximum Gasteiger partial charge on any atom is 0.393 e. The van der Waals surface area contributed by atoms with Gasteiger partial charge in [-0.05, 0) is 18.7 Å². The molecule has 2 atom stereocenters. The molecule has 130 valence electrons. The number of carbonyl (C=O) groups excluding carboxylic acids is 1. The Morgan fingerprint density at radius 2 is 2.25 bits per heavy atom. The minimum Gasteiger partial charge on any atom is -0.337 e. The van der Waals surface area contributed by atoms with Gasteiger partial charge in [-0.2, -0.15) is 18.4 Å². The Hall–Kier alpha value is -2.14. The molecular weight excluding hydrogens is 321 g/mol. The number of alkyl halides is 3. The molecule has 0 aromatic carbocycles. The number of amides is 1. The van der Waals surface area contributed by atoms with Crippen LogP contribution in [0.4, 0.5) is 13.2 Å². The first-order valence-electron chi connectivity index (χ1n) is 7.63. The van der Waals surface area contributed by atoms with Crippen molar-refractivity contribution in [3.63, 3.8) is 0 Å². The predicted molar refractivity (Wildman–Crippen MR) is 80.4 cm³/mol. The molecule has 1 aromatic heterocycles. The van der Waals surface area contributed by atoms with Gasteiger partial charge in [0.15, 0.2) is 0 Å². The summed E-state index contributed by atoms with van der Waals surface area (Å²) in [6.45, 7) is 0.145. The van der Waals surface area contributed by atoms with Crippen molar-refractivity contribution in [3.05, 3.63) is 30.1 Å². The average Bonchev–Trinajstić information content (AvgIpc) is 2.94. The van der Waals surface area contributed by atoms with Crippen LogP contribution in [0.25, 0.3) is 0 Å². The van der Waals surface area contributed by atoms with E-state index in [1.54, 1.807) is 31.6 Å². The van der Waals surface area contributed by atoms with Gasteiger partial charge in [0, 0.05) is 38.6 Å². The van der Waals surface area contributed by atoms with Crippen molar-refractivity contribution < 1.29 is 18.0 Å². The van der Waals surface area contributed by atoms with Gasteiger partial charge >= 0.3 is 6.18 Å². The highest BCUT2D eigenvalue weighted by atomic mass is 19.4. The number of nitrogens with zero attached hydrogens (tertiary/aromatic N) is 4. The van der Waals surface area contributed by atoms with Gasteiger partial charge in [0.1, 0.15) is 0 Å². The van der Waals surface area contributed by atoms with Gasteiger partial charge in [-0.3, -0.25) is 9.78 Å². The van der Waals surface area contributed by atoms with Crippen LogP contribution in [0.15, 0.2) is 24.5 Å². The fourth-order valence-corrected chi connectivity index (χ4v) is 2.98. The zero-order valence-corrected chi connectivity index (χ0v) is 13.3. The summed E-state index contributed by atoms with van der Waals surface area (Å²) in [6, 6.07) is 5.39. The zero-order valence-electron chi connectivity index (χ0n) is 13.3. The summed E-state index contributed by atoms with van der Waals surface area (Å²) >= 11 is 0. The minimum absolute atomic E-state index is 0.0686. The summed E-state index contributed by atoms with van der Waals surface area (Å²) < 4.78 is 39.7. The van der Waals surface area contributed by atoms with Crippen LogP contribution in [-0.2, 0) is 11.3 Å². The standard InChI is InChI=1S/C16H19F3N4O/c1-22-10-13(14(11-22)16(17,18)19)15(24)23(7-3-5-20)9-12-4-2-6-21-8-12/h2,4,6,8,13-14H,3,7,9-11H2,1H3/t13-,14-/m1/s1. The van der Waals surface area contributed by atoms with E-state index in [4.69, 9.17) is 5.26 Å². The smallest absolute Gasteiger partial charge is 0.337 e. The van der Waals surface area contributed by atoms with Gasteiger partial charge in [-0.25, -0.2) is 0 Å². The highest BCUT2D eigenvalue weighted by molar-refractivity contribution is 5.80. The van der Waals surface area contributed by atoms with Crippen LogP contribution in [0, 0.1) is 23.2 Å². The van der Waals surface area contributed by atoms with Crippen LogP contribution < -0.4 is 0 Å². The summed E-state index contributed by atoms with van der Waals surface area (Å²) in [4.78, 5) is 19.5. The number of halogens is 3. The van der Waals surface area contributed by atoms with E-state index in [2.05, 4.69) is 4.98 Å². The van der Waals surface area contributed by atoms with Crippen LogP contribution >= 0.6 is 0 Å². The van der Waals surface area contributed by atoms with Crippen molar-refractivity contribution in [1.29, 1.82) is 5.26 Å². The normalized spacial score (nSPS) is 21.5. The van der Waals surface area contributed by atoms with Crippen LogP contribution in [0.2, 0.25) is 0 Å². The molecule has 1 aromatic rings. The quantitative estimate of drug-likeness (QED) is 0.823. The Morgan fingerprint density at radius 1 is 1.50 bits per heavy atom. The van der Waals surface area contributed by atoms with E-state index < -0.39 is 23.9 Å². The first-order chi connectivity index (χ1) is 11.3. The summed E-state index contributed by atoms with van der Waals surface area (Å²) in [5.74, 6) is -3.36. The predicted octanol–water partition coefficient (Wildman–Crippen LogP) is 2.06. The summed E-state index contributed by atoms with van der Waals surface area (Å²) in [5.41, 5.74) is 0.721. The minimum atomic E-state index is -4.42. The SMILES string of the molecule is CN1C[C@@H](C(F)(F)F)[C@H](C(=O)N(CCC#N)Cc2cccnc2)C1. The van der Waals surface area contributed by atoms with E-state index in [9.17, 15) is 18.0 Å². The molecule has 24 heavy (non-hydrogen) atoms. The van der Waals surface area contributed by atoms with E-state index in [-0.39, 0.29) is 32.6 Å². The number of rotatable bonds is 5. The van der Waals surface area contributed by atoms with Crippen LogP contribution in [0.5, 0.6) is 0 Å². The van der Waals surface area contributed by atoms with Gasteiger partial charge in [-0.15, -0.1) is 0 Å². The summed E-state index contributed by atoms with van der Waals surface area (Å²) in [7, 11) is 1.58. The van der Waals surface area contributed by atoms with Gasteiger partial charge in [0.2, 0.25) is 5.91 Å². The molecule has 1 saturated heterocycles. The van der Waals surface area contributed by atoms with E-state index in [1.807, 2.05) is 6.07 Å². The summed E-state index contributed by atoms with van der Waals surface area (Å²) in [5, 5.41) is 8.76. The molecule has 1 aliphatic heterocycles. The Bertz CT molecular complexity index is 600. The van der Waals surface area contributed by atoms with E-state index in [0.29, 0.717) is 0 Å². The number of aromatic nitrogens is 1. The molecule has 0 radical (unpaired) electrons. The number of likely N-dealkylation sites (tertiary alicyclic amines) is 1. The Labute approximate surface area is 138 Å². The van der Waals surface area contributed by atoms with Gasteiger partial charge in [0.25, 0.3) is 0 Å². The van der Waals surface area contributed by atoms with Crippen molar-refractivity contribution in [1.82, 2.24) is 14.8 Å². The Morgan fingerprint density at radius 3 is 2.83 bits per heavy atom. The van der Waals surface area contributed by atoms with Gasteiger partial charge < -0.3 is 9.80 Å². The van der Waals surface area contributed by atoms with Crippen molar-refractivity contribution in [3.8, 4) is 6.07 Å². The average molecular weight is 340 g/mol. The Kier molecular flexibility index (Phi) is 5.78. The largest absolute Gasteiger partial charge is 0.393 e. The number of nitriles is 1. The molecule has 1 amide bonds. The highest BCUT2D eigenvalue weighted by Gasteiger charge is 2.52. The first kappa shape index (κ1) is 18.2. The fraction of sp³-hybridized carbons (Fsp3) is 0.562. The molecule has 2 heterocycles. The fourth-order valence-electron chi connectivity index (χ4n) is 2.98. The van der Waals surface area contributed by atoms with Gasteiger partial charge in [-0.1, -0.05) is 6.07 Å². The third kappa shape index (κ3) is 4.45. The molecule has 0 N–H and O–H groups in total. The van der Waals surface area contributed by atoms with Crippen LogP contribution in [0.1, 0.15) is 12.0 Å². The first-order valence-corrected chi connectivity index (χ1v) is 7.63. The van der Waals surface area contributed by atoms with E-state index in [1.165, 1.54) is 9.80 Å². The van der Waals surface area contributed by atoms with Crippen molar-refractivity contribution in [2.45, 2.75) is 19.1 Å². The Balaban J connectivity index is 2.18. The van der Waals surface area contributed by atoms with Crippen LogP contribution in [0.3, 0.4) is 0 Å². The molecule has 1 fully saturated rings. The highest BCUT2D eigenvalue weighted by Crippen LogP contribution is 2.38. The molecule has 2 rings (SSSR count). The third-order valence-electron chi connectivity index (χ3n) is 4.14. The molecular formula is C16H19F3N4O. The lowest BCUT2D eigenvalue weighted by Crippen LogP contribution is -2.42. The van der Waals surface area contributed by atoms with Crippen LogP contribution in [-0.4, -0.2) is 53.5 Å². The van der Waals surface area contributed by atoms with Crippen molar-refractivity contribution in [2.24, 2.45) is 11.8 Å². The lowest BCUT2D eigenvalue weighted by molar-refractivity contribution is -0.186. The zero-order chi connectivity index (χ0) is 17.7. The summed E-state index contributed by atoms with van der Waals surface area (Å²) in [6.07, 6.45) is -1.20. The van der Waals surface area contributed by atoms with E-state index >= 15 is 0 Å². The molecule has 0 bridgehead atoms. The molecule has 0 saturated carbocycles. The lowest BCUT2D eigenvalue weighted by Gasteiger charge is -2.28. The molecule has 5 nitrogen and oxygen atoms in total. The van der Waals surface area contributed by atoms with Gasteiger partial charge in [0.05, 0.1) is 24.3 Å². The molecule has 0 unspecified atom stereocenters.